The topological polar surface area (TPSA) is 98.1 Å². The number of amides is 1. The number of anilines is 1. The van der Waals surface area contributed by atoms with Gasteiger partial charge >= 0.3 is 0 Å². The molecule has 0 bridgehead atoms. The number of unbranched alkanes of at least 4 members (excludes halogenated alkanes) is 2. The van der Waals surface area contributed by atoms with Crippen molar-refractivity contribution in [3.05, 3.63) is 82.0 Å². The number of carbonyl (C=O) groups is 1. The molecule has 0 fully saturated rings. The first-order valence-corrected chi connectivity index (χ1v) is 10.5. The maximum absolute atomic E-state index is 13.4. The molecule has 0 atom stereocenters. The Morgan fingerprint density at radius 2 is 1.91 bits per heavy atom. The molecule has 0 aliphatic heterocycles. The van der Waals surface area contributed by atoms with E-state index < -0.39 is 23.1 Å². The summed E-state index contributed by atoms with van der Waals surface area (Å²) in [6.45, 7) is 1.15. The SMILES string of the molecule is COc1cncc(NCCCCCNC(=O)c2cccn(Cc3ccc(F)c(F)c3)c2=O)n1. The van der Waals surface area contributed by atoms with Crippen LogP contribution in [0.4, 0.5) is 14.6 Å². The van der Waals surface area contributed by atoms with Crippen molar-refractivity contribution in [1.29, 1.82) is 0 Å². The number of nitrogens with zero attached hydrogens (tertiary/aromatic N) is 3. The lowest BCUT2D eigenvalue weighted by molar-refractivity contribution is 0.0951. The van der Waals surface area contributed by atoms with Crippen molar-refractivity contribution in [1.82, 2.24) is 19.9 Å². The van der Waals surface area contributed by atoms with Gasteiger partial charge in [0.1, 0.15) is 11.4 Å². The predicted octanol–water partition coefficient (Wildman–Crippen LogP) is 2.99. The van der Waals surface area contributed by atoms with Crippen LogP contribution >= 0.6 is 0 Å². The van der Waals surface area contributed by atoms with E-state index in [1.807, 2.05) is 0 Å². The van der Waals surface area contributed by atoms with E-state index in [1.165, 1.54) is 36.2 Å². The van der Waals surface area contributed by atoms with Crippen molar-refractivity contribution in [2.75, 3.05) is 25.5 Å². The number of carbonyl (C=O) groups excluding carboxylic acids is 1. The Balaban J connectivity index is 1.43. The molecule has 8 nitrogen and oxygen atoms in total. The second kappa shape index (κ2) is 11.7. The van der Waals surface area contributed by atoms with Crippen LogP contribution in [-0.2, 0) is 6.54 Å². The third-order valence-electron chi connectivity index (χ3n) is 4.87. The van der Waals surface area contributed by atoms with Crippen molar-refractivity contribution < 1.29 is 18.3 Å². The Kier molecular flexibility index (Phi) is 8.45. The summed E-state index contributed by atoms with van der Waals surface area (Å²) in [5.41, 5.74) is -0.0798. The molecule has 33 heavy (non-hydrogen) atoms. The van der Waals surface area contributed by atoms with Gasteiger partial charge in [-0.05, 0) is 49.1 Å². The highest BCUT2D eigenvalue weighted by atomic mass is 19.2. The summed E-state index contributed by atoms with van der Waals surface area (Å²) in [5.74, 6) is -1.34. The molecule has 0 saturated heterocycles. The number of benzene rings is 1. The highest BCUT2D eigenvalue weighted by molar-refractivity contribution is 5.93. The number of hydrogen-bond donors (Lipinski definition) is 2. The van der Waals surface area contributed by atoms with E-state index in [9.17, 15) is 18.4 Å². The second-order valence-electron chi connectivity index (χ2n) is 7.29. The average molecular weight is 457 g/mol. The van der Waals surface area contributed by atoms with Crippen molar-refractivity contribution in [3.8, 4) is 5.88 Å². The van der Waals surface area contributed by atoms with Crippen LogP contribution in [0.3, 0.4) is 0 Å². The van der Waals surface area contributed by atoms with Gasteiger partial charge in [-0.15, -0.1) is 0 Å². The van der Waals surface area contributed by atoms with Crippen LogP contribution < -0.4 is 20.9 Å². The van der Waals surface area contributed by atoms with Crippen LogP contribution in [0.2, 0.25) is 0 Å². The Bertz CT molecular complexity index is 1150. The maximum atomic E-state index is 13.4. The van der Waals surface area contributed by atoms with Gasteiger partial charge in [-0.2, -0.15) is 4.98 Å². The van der Waals surface area contributed by atoms with Crippen LogP contribution in [0.5, 0.6) is 5.88 Å². The van der Waals surface area contributed by atoms with Gasteiger partial charge in [-0.3, -0.25) is 14.6 Å². The molecule has 1 amide bonds. The van der Waals surface area contributed by atoms with Gasteiger partial charge in [0.05, 0.1) is 26.0 Å². The predicted molar refractivity (Wildman–Crippen MR) is 119 cm³/mol. The van der Waals surface area contributed by atoms with E-state index in [4.69, 9.17) is 4.74 Å². The first kappa shape index (κ1) is 23.8. The van der Waals surface area contributed by atoms with Crippen LogP contribution in [0.15, 0.2) is 53.7 Å². The highest BCUT2D eigenvalue weighted by Gasteiger charge is 2.12. The molecule has 0 unspecified atom stereocenters. The van der Waals surface area contributed by atoms with Gasteiger partial charge in [-0.1, -0.05) is 6.07 Å². The van der Waals surface area contributed by atoms with Gasteiger partial charge in [0.25, 0.3) is 11.5 Å². The minimum absolute atomic E-state index is 0.00153. The average Bonchev–Trinajstić information content (AvgIpc) is 2.82. The van der Waals surface area contributed by atoms with Gasteiger partial charge in [0, 0.05) is 19.3 Å². The zero-order valence-electron chi connectivity index (χ0n) is 18.2. The molecular weight excluding hydrogens is 432 g/mol. The quantitative estimate of drug-likeness (QED) is 0.430. The van der Waals surface area contributed by atoms with E-state index in [0.29, 0.717) is 30.4 Å². The van der Waals surface area contributed by atoms with E-state index in [0.717, 1.165) is 31.4 Å². The van der Waals surface area contributed by atoms with Crippen LogP contribution in [-0.4, -0.2) is 40.6 Å². The molecule has 2 heterocycles. The van der Waals surface area contributed by atoms with E-state index in [2.05, 4.69) is 20.6 Å². The van der Waals surface area contributed by atoms with E-state index in [1.54, 1.807) is 12.3 Å². The summed E-state index contributed by atoms with van der Waals surface area (Å²) in [4.78, 5) is 33.3. The Morgan fingerprint density at radius 1 is 1.09 bits per heavy atom. The van der Waals surface area contributed by atoms with Gasteiger partial charge < -0.3 is 19.9 Å². The molecule has 2 N–H and O–H groups in total. The standard InChI is InChI=1S/C23H25F2N5O3/c1-33-21-14-26-13-20(29-21)27-9-3-2-4-10-28-22(31)17-6-5-11-30(23(17)32)15-16-7-8-18(24)19(25)12-16/h5-8,11-14H,2-4,9-10,15H2,1H3,(H,27,29)(H,28,31). The monoisotopic (exact) mass is 457 g/mol. The van der Waals surface area contributed by atoms with Gasteiger partial charge in [0.2, 0.25) is 5.88 Å². The molecule has 0 radical (unpaired) electrons. The summed E-state index contributed by atoms with van der Waals surface area (Å²) in [6, 6.07) is 6.45. The summed E-state index contributed by atoms with van der Waals surface area (Å²) >= 11 is 0. The first-order chi connectivity index (χ1) is 16.0. The number of ether oxygens (including phenoxy) is 1. The maximum Gasteiger partial charge on any atom is 0.263 e. The fraction of sp³-hybridized carbons (Fsp3) is 0.304. The summed E-state index contributed by atoms with van der Waals surface area (Å²) in [5, 5.41) is 5.91. The minimum Gasteiger partial charge on any atom is -0.480 e. The number of halogens is 2. The lowest BCUT2D eigenvalue weighted by Crippen LogP contribution is -2.33. The fourth-order valence-electron chi connectivity index (χ4n) is 3.14. The Morgan fingerprint density at radius 3 is 2.70 bits per heavy atom. The van der Waals surface area contributed by atoms with Crippen molar-refractivity contribution in [2.45, 2.75) is 25.8 Å². The third-order valence-corrected chi connectivity index (χ3v) is 4.87. The zero-order chi connectivity index (χ0) is 23.6. The molecule has 0 aliphatic rings. The second-order valence-corrected chi connectivity index (χ2v) is 7.29. The number of pyridine rings is 1. The molecule has 10 heteroatoms. The van der Waals surface area contributed by atoms with Gasteiger partial charge in [-0.25, -0.2) is 8.78 Å². The van der Waals surface area contributed by atoms with Crippen molar-refractivity contribution in [2.24, 2.45) is 0 Å². The molecule has 2 aromatic heterocycles. The largest absolute Gasteiger partial charge is 0.480 e. The lowest BCUT2D eigenvalue weighted by Gasteiger charge is -2.10. The highest BCUT2D eigenvalue weighted by Crippen LogP contribution is 2.10. The molecule has 3 aromatic rings. The molecular formula is C23H25F2N5O3. The zero-order valence-corrected chi connectivity index (χ0v) is 18.2. The molecule has 0 aliphatic carbocycles. The number of methoxy groups -OCH3 is 1. The third kappa shape index (κ3) is 6.83. The summed E-state index contributed by atoms with van der Waals surface area (Å²) < 4.78 is 32.8. The van der Waals surface area contributed by atoms with Crippen molar-refractivity contribution in [3.63, 3.8) is 0 Å². The Labute approximate surface area is 189 Å². The number of nitrogens with one attached hydrogen (secondary N) is 2. The van der Waals surface area contributed by atoms with E-state index >= 15 is 0 Å². The molecule has 174 valence electrons. The van der Waals surface area contributed by atoms with Crippen LogP contribution in [0.1, 0.15) is 35.2 Å². The minimum atomic E-state index is -0.985. The lowest BCUT2D eigenvalue weighted by atomic mass is 10.2. The van der Waals surface area contributed by atoms with Crippen LogP contribution in [0, 0.1) is 11.6 Å². The molecule has 3 rings (SSSR count). The van der Waals surface area contributed by atoms with Crippen LogP contribution in [0.25, 0.3) is 0 Å². The normalized spacial score (nSPS) is 10.6. The summed E-state index contributed by atoms with van der Waals surface area (Å²) in [7, 11) is 1.53. The molecule has 0 spiro atoms. The fourth-order valence-corrected chi connectivity index (χ4v) is 3.14. The number of aromatic nitrogens is 3. The number of rotatable bonds is 11. The Hall–Kier alpha value is -3.82. The number of hydrogen-bond acceptors (Lipinski definition) is 6. The molecule has 1 aromatic carbocycles. The molecule has 0 saturated carbocycles. The van der Waals surface area contributed by atoms with Gasteiger partial charge in [0.15, 0.2) is 11.6 Å². The van der Waals surface area contributed by atoms with Crippen molar-refractivity contribution >= 4 is 11.7 Å². The van der Waals surface area contributed by atoms with E-state index in [-0.39, 0.29) is 12.1 Å². The summed E-state index contributed by atoms with van der Waals surface area (Å²) in [6.07, 6.45) is 7.11. The first-order valence-electron chi connectivity index (χ1n) is 10.5. The smallest absolute Gasteiger partial charge is 0.263 e.